The summed E-state index contributed by atoms with van der Waals surface area (Å²) in [6.07, 6.45) is 0. The maximum Gasteiger partial charge on any atom is 0.323 e. The van der Waals surface area contributed by atoms with E-state index >= 15 is 0 Å². The topological polar surface area (TPSA) is 82.5 Å². The Hall–Kier alpha value is -1.63. The summed E-state index contributed by atoms with van der Waals surface area (Å²) in [5.74, 6) is -1.17. The van der Waals surface area contributed by atoms with Gasteiger partial charge in [0.15, 0.2) is 5.13 Å². The van der Waals surface area contributed by atoms with Crippen molar-refractivity contribution in [1.82, 2.24) is 9.88 Å². The number of nitrogens with zero attached hydrogens (tertiary/aromatic N) is 2. The quantitative estimate of drug-likeness (QED) is 0.873. The maximum absolute atomic E-state index is 11.8. The van der Waals surface area contributed by atoms with Gasteiger partial charge in [-0.25, -0.2) is 9.78 Å². The Bertz CT molecular complexity index is 468. The van der Waals surface area contributed by atoms with Crippen molar-refractivity contribution in [3.8, 4) is 0 Å². The number of carbonyl (C=O) groups excluding carboxylic acids is 1. The van der Waals surface area contributed by atoms with Crippen molar-refractivity contribution in [2.45, 2.75) is 13.8 Å². The second kappa shape index (κ2) is 4.93. The Kier molecular flexibility index (Phi) is 3.51. The summed E-state index contributed by atoms with van der Waals surface area (Å²) in [6, 6.07) is -0.210. The van der Waals surface area contributed by atoms with Crippen LogP contribution in [-0.4, -0.2) is 40.1 Å². The number of rotatable bonds is 3. The van der Waals surface area contributed by atoms with Gasteiger partial charge in [-0.2, -0.15) is 0 Å². The van der Waals surface area contributed by atoms with Crippen molar-refractivity contribution in [2.24, 2.45) is 11.8 Å². The monoisotopic (exact) mass is 269 g/mol. The zero-order valence-corrected chi connectivity index (χ0v) is 11.0. The first-order valence-corrected chi connectivity index (χ1v) is 6.56. The molecule has 2 heterocycles. The van der Waals surface area contributed by atoms with Crippen LogP contribution in [0.5, 0.6) is 0 Å². The lowest BCUT2D eigenvalue weighted by atomic mass is 9.87. The molecule has 0 aliphatic carbocycles. The summed E-state index contributed by atoms with van der Waals surface area (Å²) in [5.41, 5.74) is 0.872. The number of carbonyl (C=O) groups is 2. The van der Waals surface area contributed by atoms with Crippen molar-refractivity contribution in [3.63, 3.8) is 0 Å². The van der Waals surface area contributed by atoms with Crippen LogP contribution in [0.4, 0.5) is 9.93 Å². The fourth-order valence-electron chi connectivity index (χ4n) is 1.78. The Balaban J connectivity index is 1.81. The third-order valence-electron chi connectivity index (χ3n) is 3.13. The fourth-order valence-corrected chi connectivity index (χ4v) is 2.46. The number of amides is 2. The van der Waals surface area contributed by atoms with E-state index in [1.54, 1.807) is 11.8 Å². The number of nitrogens with one attached hydrogen (secondary N) is 1. The van der Waals surface area contributed by atoms with Gasteiger partial charge < -0.3 is 10.0 Å². The SMILES string of the molecule is Cc1csc(NC(=O)N2CC(C(C)C(=O)O)C2)n1. The molecule has 1 saturated heterocycles. The number of thiazole rings is 1. The minimum Gasteiger partial charge on any atom is -0.481 e. The van der Waals surface area contributed by atoms with Gasteiger partial charge in [-0.3, -0.25) is 10.1 Å². The molecule has 2 amide bonds. The molecule has 0 aromatic carbocycles. The summed E-state index contributed by atoms with van der Waals surface area (Å²) < 4.78 is 0. The average molecular weight is 269 g/mol. The van der Waals surface area contributed by atoms with E-state index in [9.17, 15) is 9.59 Å². The highest BCUT2D eigenvalue weighted by Crippen LogP contribution is 2.25. The molecular weight excluding hydrogens is 254 g/mol. The van der Waals surface area contributed by atoms with Crippen LogP contribution in [0.1, 0.15) is 12.6 Å². The molecule has 98 valence electrons. The fraction of sp³-hybridized carbons (Fsp3) is 0.545. The van der Waals surface area contributed by atoms with Crippen LogP contribution in [0.15, 0.2) is 5.38 Å². The largest absolute Gasteiger partial charge is 0.481 e. The number of carboxylic acids is 1. The Morgan fingerprint density at radius 3 is 2.78 bits per heavy atom. The van der Waals surface area contributed by atoms with Gasteiger partial charge >= 0.3 is 12.0 Å². The lowest BCUT2D eigenvalue weighted by Crippen LogP contribution is -2.54. The smallest absolute Gasteiger partial charge is 0.323 e. The van der Waals surface area contributed by atoms with Crippen LogP contribution in [0, 0.1) is 18.8 Å². The first-order chi connectivity index (χ1) is 8.47. The molecule has 7 heteroatoms. The Morgan fingerprint density at radius 1 is 1.61 bits per heavy atom. The van der Waals surface area contributed by atoms with Gasteiger partial charge in [-0.1, -0.05) is 6.92 Å². The molecule has 2 rings (SSSR count). The van der Waals surface area contributed by atoms with Gasteiger partial charge in [0.2, 0.25) is 0 Å². The summed E-state index contributed by atoms with van der Waals surface area (Å²) in [4.78, 5) is 28.3. The van der Waals surface area contributed by atoms with Crippen LogP contribution in [0.25, 0.3) is 0 Å². The number of hydrogen-bond donors (Lipinski definition) is 2. The summed E-state index contributed by atoms with van der Waals surface area (Å²) >= 11 is 1.38. The standard InChI is InChI=1S/C11H15N3O3S/c1-6-5-18-10(12-6)13-11(17)14-3-8(4-14)7(2)9(15)16/h5,7-8H,3-4H2,1-2H3,(H,15,16)(H,12,13,17). The first kappa shape index (κ1) is 12.8. The number of carboxylic acid groups (broad SMARTS) is 1. The van der Waals surface area contributed by atoms with Crippen LogP contribution < -0.4 is 5.32 Å². The molecule has 0 spiro atoms. The minimum atomic E-state index is -0.810. The molecule has 1 aliphatic heterocycles. The number of urea groups is 1. The Labute approximate surface area is 109 Å². The normalized spacial score (nSPS) is 17.1. The zero-order chi connectivity index (χ0) is 13.3. The van der Waals surface area contributed by atoms with Crippen LogP contribution >= 0.6 is 11.3 Å². The number of aliphatic carboxylic acids is 1. The van der Waals surface area contributed by atoms with E-state index in [-0.39, 0.29) is 11.9 Å². The molecule has 0 radical (unpaired) electrons. The molecule has 1 aliphatic rings. The molecule has 1 unspecified atom stereocenters. The predicted molar refractivity (Wildman–Crippen MR) is 67.7 cm³/mol. The number of anilines is 1. The summed E-state index contributed by atoms with van der Waals surface area (Å²) in [6.45, 7) is 4.51. The van der Waals surface area contributed by atoms with E-state index in [1.807, 2.05) is 12.3 Å². The number of likely N-dealkylation sites (tertiary alicyclic amines) is 1. The van der Waals surface area contributed by atoms with Gasteiger partial charge in [-0.15, -0.1) is 11.3 Å². The highest BCUT2D eigenvalue weighted by atomic mass is 32.1. The van der Waals surface area contributed by atoms with Gasteiger partial charge in [0.05, 0.1) is 11.6 Å². The highest BCUT2D eigenvalue weighted by molar-refractivity contribution is 7.13. The molecule has 1 fully saturated rings. The van der Waals surface area contributed by atoms with E-state index in [0.717, 1.165) is 5.69 Å². The van der Waals surface area contributed by atoms with Crippen molar-refractivity contribution in [2.75, 3.05) is 18.4 Å². The van der Waals surface area contributed by atoms with Crippen molar-refractivity contribution >= 4 is 28.5 Å². The molecule has 1 atom stereocenters. The van der Waals surface area contributed by atoms with E-state index in [4.69, 9.17) is 5.11 Å². The van der Waals surface area contributed by atoms with Crippen molar-refractivity contribution in [1.29, 1.82) is 0 Å². The van der Waals surface area contributed by atoms with E-state index < -0.39 is 11.9 Å². The van der Waals surface area contributed by atoms with Crippen LogP contribution in [0.2, 0.25) is 0 Å². The third-order valence-corrected chi connectivity index (χ3v) is 4.00. The van der Waals surface area contributed by atoms with Gasteiger partial charge in [0, 0.05) is 24.4 Å². The average Bonchev–Trinajstić information content (AvgIpc) is 2.61. The second-order valence-corrected chi connectivity index (χ2v) is 5.37. The lowest BCUT2D eigenvalue weighted by Gasteiger charge is -2.40. The number of aromatic nitrogens is 1. The second-order valence-electron chi connectivity index (χ2n) is 4.52. The molecular formula is C11H15N3O3S. The number of aryl methyl sites for hydroxylation is 1. The molecule has 1 aromatic heterocycles. The zero-order valence-electron chi connectivity index (χ0n) is 10.2. The van der Waals surface area contributed by atoms with E-state index in [2.05, 4.69) is 10.3 Å². The van der Waals surface area contributed by atoms with Gasteiger partial charge in [0.1, 0.15) is 0 Å². The van der Waals surface area contributed by atoms with Crippen LogP contribution in [0.3, 0.4) is 0 Å². The number of hydrogen-bond acceptors (Lipinski definition) is 4. The van der Waals surface area contributed by atoms with Crippen LogP contribution in [-0.2, 0) is 4.79 Å². The lowest BCUT2D eigenvalue weighted by molar-refractivity contribution is -0.144. The molecule has 18 heavy (non-hydrogen) atoms. The maximum atomic E-state index is 11.8. The highest BCUT2D eigenvalue weighted by Gasteiger charge is 2.37. The van der Waals surface area contributed by atoms with E-state index in [0.29, 0.717) is 18.2 Å². The minimum absolute atomic E-state index is 0.0475. The van der Waals surface area contributed by atoms with Gasteiger partial charge in [-0.05, 0) is 6.92 Å². The summed E-state index contributed by atoms with van der Waals surface area (Å²) in [7, 11) is 0. The first-order valence-electron chi connectivity index (χ1n) is 5.68. The molecule has 6 nitrogen and oxygen atoms in total. The molecule has 0 saturated carbocycles. The summed E-state index contributed by atoms with van der Waals surface area (Å²) in [5, 5.41) is 14.0. The van der Waals surface area contributed by atoms with Gasteiger partial charge in [0.25, 0.3) is 0 Å². The molecule has 2 N–H and O–H groups in total. The predicted octanol–water partition coefficient (Wildman–Crippen LogP) is 1.64. The molecule has 1 aromatic rings. The molecule has 0 bridgehead atoms. The van der Waals surface area contributed by atoms with E-state index in [1.165, 1.54) is 11.3 Å². The van der Waals surface area contributed by atoms with Crippen molar-refractivity contribution in [3.05, 3.63) is 11.1 Å². The Morgan fingerprint density at radius 2 is 2.28 bits per heavy atom. The van der Waals surface area contributed by atoms with Crippen molar-refractivity contribution < 1.29 is 14.7 Å². The third kappa shape index (κ3) is 2.61.